The van der Waals surface area contributed by atoms with Crippen LogP contribution in [0.25, 0.3) is 0 Å². The lowest BCUT2D eigenvalue weighted by Crippen LogP contribution is -2.13. The number of nitriles is 1. The molecule has 3 N–H and O–H groups in total. The van der Waals surface area contributed by atoms with E-state index in [9.17, 15) is 18.0 Å². The summed E-state index contributed by atoms with van der Waals surface area (Å²) in [6, 6.07) is 4.11. The second-order valence-electron chi connectivity index (χ2n) is 4.68. The van der Waals surface area contributed by atoms with Gasteiger partial charge in [-0.05, 0) is 25.1 Å². The van der Waals surface area contributed by atoms with Crippen LogP contribution >= 0.6 is 11.3 Å². The number of aromatic nitrogens is 1. The zero-order valence-electron chi connectivity index (χ0n) is 11.8. The average molecular weight is 340 g/mol. The van der Waals surface area contributed by atoms with Gasteiger partial charge in [-0.25, -0.2) is 4.98 Å². The first kappa shape index (κ1) is 16.9. The average Bonchev–Trinajstić information content (AvgIpc) is 2.96. The number of halogens is 3. The van der Waals surface area contributed by atoms with Gasteiger partial charge in [-0.2, -0.15) is 18.4 Å². The Bertz CT molecular complexity index is 777. The predicted molar refractivity (Wildman–Crippen MR) is 78.8 cm³/mol. The Balaban J connectivity index is 2.26. The number of benzene rings is 1. The van der Waals surface area contributed by atoms with Crippen LogP contribution in [-0.2, 0) is 6.18 Å². The van der Waals surface area contributed by atoms with E-state index >= 15 is 0 Å². The SMILES string of the molecule is CC(N)c1ncc(C(=O)Nc2ccc(C#N)c(C(F)(F)F)c2)s1. The number of nitrogens with one attached hydrogen (secondary N) is 1. The monoisotopic (exact) mass is 340 g/mol. The summed E-state index contributed by atoms with van der Waals surface area (Å²) in [4.78, 5) is 16.2. The predicted octanol–water partition coefficient (Wildman–Crippen LogP) is 3.31. The Morgan fingerprint density at radius 3 is 2.70 bits per heavy atom. The lowest BCUT2D eigenvalue weighted by Gasteiger charge is -2.11. The highest BCUT2D eigenvalue weighted by atomic mass is 32.1. The van der Waals surface area contributed by atoms with Crippen LogP contribution in [0, 0.1) is 11.3 Å². The minimum Gasteiger partial charge on any atom is -0.322 e. The van der Waals surface area contributed by atoms with Crippen molar-refractivity contribution in [1.82, 2.24) is 4.98 Å². The van der Waals surface area contributed by atoms with Gasteiger partial charge in [0.05, 0.1) is 29.4 Å². The molecule has 0 radical (unpaired) electrons. The summed E-state index contributed by atoms with van der Waals surface area (Å²) < 4.78 is 38.6. The topological polar surface area (TPSA) is 91.8 Å². The number of carbonyl (C=O) groups excluding carboxylic acids is 1. The van der Waals surface area contributed by atoms with Crippen molar-refractivity contribution in [1.29, 1.82) is 5.26 Å². The third kappa shape index (κ3) is 3.85. The maximum absolute atomic E-state index is 12.9. The van der Waals surface area contributed by atoms with E-state index in [0.29, 0.717) is 5.01 Å². The molecule has 0 aliphatic rings. The summed E-state index contributed by atoms with van der Waals surface area (Å²) >= 11 is 1.06. The summed E-state index contributed by atoms with van der Waals surface area (Å²) in [6.07, 6.45) is -3.37. The van der Waals surface area contributed by atoms with Gasteiger partial charge in [-0.1, -0.05) is 0 Å². The van der Waals surface area contributed by atoms with Crippen LogP contribution in [0.15, 0.2) is 24.4 Å². The maximum Gasteiger partial charge on any atom is 0.417 e. The molecule has 0 spiro atoms. The van der Waals surface area contributed by atoms with Gasteiger partial charge in [0.25, 0.3) is 5.91 Å². The van der Waals surface area contributed by atoms with E-state index in [4.69, 9.17) is 11.0 Å². The fraction of sp³-hybridized carbons (Fsp3) is 0.214. The first-order valence-corrected chi connectivity index (χ1v) is 7.18. The number of nitrogens with two attached hydrogens (primary N) is 1. The molecule has 2 rings (SSSR count). The van der Waals surface area contributed by atoms with Crippen molar-refractivity contribution in [2.45, 2.75) is 19.1 Å². The van der Waals surface area contributed by atoms with Gasteiger partial charge in [-0.3, -0.25) is 4.79 Å². The van der Waals surface area contributed by atoms with Crippen LogP contribution in [-0.4, -0.2) is 10.9 Å². The number of nitrogens with zero attached hydrogens (tertiary/aromatic N) is 2. The fourth-order valence-corrected chi connectivity index (χ4v) is 2.52. The highest BCUT2D eigenvalue weighted by molar-refractivity contribution is 7.13. The maximum atomic E-state index is 12.9. The molecule has 0 fully saturated rings. The fourth-order valence-electron chi connectivity index (χ4n) is 1.75. The van der Waals surface area contributed by atoms with E-state index in [1.54, 1.807) is 6.92 Å². The number of thiazole rings is 1. The van der Waals surface area contributed by atoms with Crippen LogP contribution in [0.3, 0.4) is 0 Å². The van der Waals surface area contributed by atoms with Gasteiger partial charge < -0.3 is 11.1 Å². The molecule has 1 aromatic heterocycles. The van der Waals surface area contributed by atoms with Gasteiger partial charge >= 0.3 is 6.18 Å². The molecule has 120 valence electrons. The largest absolute Gasteiger partial charge is 0.417 e. The van der Waals surface area contributed by atoms with Crippen molar-refractivity contribution >= 4 is 22.9 Å². The van der Waals surface area contributed by atoms with E-state index < -0.39 is 23.2 Å². The van der Waals surface area contributed by atoms with E-state index in [1.807, 2.05) is 0 Å². The molecule has 9 heteroatoms. The zero-order valence-corrected chi connectivity index (χ0v) is 12.6. The van der Waals surface area contributed by atoms with E-state index in [2.05, 4.69) is 10.3 Å². The number of hydrogen-bond acceptors (Lipinski definition) is 5. The molecular formula is C14H11F3N4OS. The minimum absolute atomic E-state index is 0.0583. The minimum atomic E-state index is -4.68. The summed E-state index contributed by atoms with van der Waals surface area (Å²) in [5.74, 6) is -0.591. The Hall–Kier alpha value is -2.44. The van der Waals surface area contributed by atoms with Crippen LogP contribution in [0.1, 0.15) is 38.8 Å². The summed E-state index contributed by atoms with van der Waals surface area (Å²) in [5.41, 5.74) is 3.98. The summed E-state index contributed by atoms with van der Waals surface area (Å²) in [7, 11) is 0. The van der Waals surface area contributed by atoms with Crippen LogP contribution in [0.2, 0.25) is 0 Å². The molecule has 0 bridgehead atoms. The van der Waals surface area contributed by atoms with Gasteiger partial charge in [0.2, 0.25) is 0 Å². The number of alkyl halides is 3. The molecule has 1 heterocycles. The molecular weight excluding hydrogens is 329 g/mol. The van der Waals surface area contributed by atoms with E-state index in [0.717, 1.165) is 23.5 Å². The molecule has 1 atom stereocenters. The van der Waals surface area contributed by atoms with Gasteiger partial charge in [0, 0.05) is 5.69 Å². The molecule has 0 saturated carbocycles. The van der Waals surface area contributed by atoms with Gasteiger partial charge in [0.15, 0.2) is 0 Å². The summed E-state index contributed by atoms with van der Waals surface area (Å²) in [6.45, 7) is 1.71. The molecule has 1 unspecified atom stereocenters. The van der Waals surface area contributed by atoms with E-state index in [1.165, 1.54) is 18.3 Å². The zero-order chi connectivity index (χ0) is 17.2. The highest BCUT2D eigenvalue weighted by Gasteiger charge is 2.34. The molecule has 1 amide bonds. The van der Waals surface area contributed by atoms with Crippen molar-refractivity contribution in [2.75, 3.05) is 5.32 Å². The van der Waals surface area contributed by atoms with Gasteiger partial charge in [0.1, 0.15) is 9.88 Å². The molecule has 2 aromatic rings. The van der Waals surface area contributed by atoms with E-state index in [-0.39, 0.29) is 16.6 Å². The van der Waals surface area contributed by atoms with Crippen molar-refractivity contribution in [3.63, 3.8) is 0 Å². The summed E-state index contributed by atoms with van der Waals surface area (Å²) in [5, 5.41) is 11.6. The van der Waals surface area contributed by atoms with Crippen molar-refractivity contribution in [3.05, 3.63) is 45.4 Å². The van der Waals surface area contributed by atoms with Crippen molar-refractivity contribution in [2.24, 2.45) is 5.73 Å². The molecule has 0 aliphatic carbocycles. The Labute approximate surface area is 133 Å². The number of carbonyl (C=O) groups is 1. The molecule has 1 aromatic carbocycles. The normalized spacial score (nSPS) is 12.5. The van der Waals surface area contributed by atoms with Crippen LogP contribution in [0.4, 0.5) is 18.9 Å². The van der Waals surface area contributed by atoms with Crippen LogP contribution in [0.5, 0.6) is 0 Å². The number of amides is 1. The standard InChI is InChI=1S/C14H11F3N4OS/c1-7(19)13-20-6-11(23-13)12(22)21-9-3-2-8(5-18)10(4-9)14(15,16)17/h2-4,6-7H,19H2,1H3,(H,21,22). The third-order valence-corrected chi connectivity index (χ3v) is 4.04. The van der Waals surface area contributed by atoms with Gasteiger partial charge in [-0.15, -0.1) is 11.3 Å². The first-order valence-electron chi connectivity index (χ1n) is 6.36. The molecule has 0 saturated heterocycles. The Morgan fingerprint density at radius 2 is 2.17 bits per heavy atom. The smallest absolute Gasteiger partial charge is 0.322 e. The van der Waals surface area contributed by atoms with Crippen molar-refractivity contribution in [3.8, 4) is 6.07 Å². The second kappa shape index (κ2) is 6.36. The first-order chi connectivity index (χ1) is 10.7. The Morgan fingerprint density at radius 1 is 1.48 bits per heavy atom. The molecule has 5 nitrogen and oxygen atoms in total. The molecule has 0 aliphatic heterocycles. The highest BCUT2D eigenvalue weighted by Crippen LogP contribution is 2.33. The quantitative estimate of drug-likeness (QED) is 0.897. The lowest BCUT2D eigenvalue weighted by atomic mass is 10.1. The third-order valence-electron chi connectivity index (χ3n) is 2.84. The number of anilines is 1. The number of hydrogen-bond donors (Lipinski definition) is 2. The Kier molecular flexibility index (Phi) is 4.68. The lowest BCUT2D eigenvalue weighted by molar-refractivity contribution is -0.137. The number of rotatable bonds is 3. The molecule has 23 heavy (non-hydrogen) atoms. The second-order valence-corrected chi connectivity index (χ2v) is 5.74. The van der Waals surface area contributed by atoms with Crippen molar-refractivity contribution < 1.29 is 18.0 Å². The van der Waals surface area contributed by atoms with Crippen LogP contribution < -0.4 is 11.1 Å².